The number of aliphatic hydroxyl groups excluding tert-OH is 1. The molecule has 0 aliphatic heterocycles. The minimum atomic E-state index is -3.85. The van der Waals surface area contributed by atoms with Crippen molar-refractivity contribution in [3.05, 3.63) is 29.8 Å². The minimum Gasteiger partial charge on any atom is -0.545 e. The number of likely N-dealkylation sites (N-methyl/N-ethyl adjacent to an activating group) is 1. The largest absolute Gasteiger partial charge is 0.545 e. The van der Waals surface area contributed by atoms with Gasteiger partial charge in [-0.25, -0.2) is 8.42 Å². The molecule has 0 aromatic heterocycles. The van der Waals surface area contributed by atoms with Crippen molar-refractivity contribution in [2.45, 2.75) is 4.90 Å². The van der Waals surface area contributed by atoms with Gasteiger partial charge in [0.05, 0.1) is 19.7 Å². The Bertz CT molecular complexity index is 638. The molecule has 21 heavy (non-hydrogen) atoms. The molecule has 7 nitrogen and oxygen atoms in total. The average Bonchev–Trinajstić information content (AvgIpc) is 2.44. The Kier molecular flexibility index (Phi) is 5.89. The number of methoxy groups -OCH3 is 1. The number of rotatable bonds is 7. The molecule has 1 aromatic carbocycles. The molecule has 0 aliphatic carbocycles. The number of hydrogen-bond acceptors (Lipinski definition) is 6. The van der Waals surface area contributed by atoms with Gasteiger partial charge in [-0.1, -0.05) is 12.1 Å². The third-order valence-corrected chi connectivity index (χ3v) is 4.58. The monoisotopic (exact) mass is 314 g/mol. The highest BCUT2D eigenvalue weighted by atomic mass is 32.2. The van der Waals surface area contributed by atoms with Crippen LogP contribution in [0, 0.1) is 0 Å². The van der Waals surface area contributed by atoms with Crippen LogP contribution < -0.4 is 9.84 Å². The standard InChI is InChI=1S/C13H17NO6S/c1-14(7-8-15)21(18,19)12-9-10(4-6-13(16)17)3-5-11(12)20-2/h3-6,9,15H,7-8H2,1-2H3,(H,16,17)/p-1/b6-4+. The van der Waals surface area contributed by atoms with Crippen molar-refractivity contribution < 1.29 is 28.2 Å². The first-order valence-corrected chi connectivity index (χ1v) is 7.41. The van der Waals surface area contributed by atoms with Crippen LogP contribution in [-0.4, -0.2) is 51.1 Å². The van der Waals surface area contributed by atoms with E-state index in [1.165, 1.54) is 38.4 Å². The van der Waals surface area contributed by atoms with Gasteiger partial charge in [-0.2, -0.15) is 4.31 Å². The number of benzene rings is 1. The summed E-state index contributed by atoms with van der Waals surface area (Å²) in [5.41, 5.74) is 0.371. The smallest absolute Gasteiger partial charge is 0.246 e. The summed E-state index contributed by atoms with van der Waals surface area (Å²) in [6.45, 7) is -0.382. The lowest BCUT2D eigenvalue weighted by molar-refractivity contribution is -0.297. The fourth-order valence-electron chi connectivity index (χ4n) is 1.59. The van der Waals surface area contributed by atoms with Gasteiger partial charge in [0, 0.05) is 13.6 Å². The summed E-state index contributed by atoms with van der Waals surface area (Å²) in [5.74, 6) is -1.25. The second kappa shape index (κ2) is 7.21. The average molecular weight is 314 g/mol. The molecule has 8 heteroatoms. The molecule has 0 aliphatic rings. The molecule has 1 rings (SSSR count). The molecule has 0 saturated heterocycles. The lowest BCUT2D eigenvalue weighted by Crippen LogP contribution is -2.30. The zero-order chi connectivity index (χ0) is 16.0. The highest BCUT2D eigenvalue weighted by molar-refractivity contribution is 7.89. The van der Waals surface area contributed by atoms with Gasteiger partial charge in [-0.15, -0.1) is 0 Å². The van der Waals surface area contributed by atoms with Crippen molar-refractivity contribution in [3.8, 4) is 5.75 Å². The SMILES string of the molecule is COc1ccc(/C=C/C(=O)[O-])cc1S(=O)(=O)N(C)CCO. The Morgan fingerprint density at radius 2 is 2.14 bits per heavy atom. The van der Waals surface area contributed by atoms with Gasteiger partial charge < -0.3 is 19.7 Å². The predicted molar refractivity (Wildman–Crippen MR) is 73.9 cm³/mol. The summed E-state index contributed by atoms with van der Waals surface area (Å²) >= 11 is 0. The van der Waals surface area contributed by atoms with Crippen molar-refractivity contribution in [2.75, 3.05) is 27.3 Å². The number of aliphatic carboxylic acids is 1. The summed E-state index contributed by atoms with van der Waals surface area (Å²) in [6.07, 6.45) is 2.02. The second-order valence-corrected chi connectivity index (χ2v) is 6.13. The molecule has 1 N–H and O–H groups in total. The quantitative estimate of drug-likeness (QED) is 0.652. The van der Waals surface area contributed by atoms with Crippen LogP contribution in [0.25, 0.3) is 6.08 Å². The Hall–Kier alpha value is -1.90. The molecule has 0 fully saturated rings. The maximum atomic E-state index is 12.4. The zero-order valence-electron chi connectivity index (χ0n) is 11.6. The molecular formula is C13H16NO6S-. The van der Waals surface area contributed by atoms with Gasteiger partial charge in [-0.3, -0.25) is 0 Å². The number of aliphatic hydroxyl groups is 1. The molecular weight excluding hydrogens is 298 g/mol. The lowest BCUT2D eigenvalue weighted by Gasteiger charge is -2.18. The van der Waals surface area contributed by atoms with Gasteiger partial charge in [0.2, 0.25) is 10.0 Å². The third-order valence-electron chi connectivity index (χ3n) is 2.70. The topological polar surface area (TPSA) is 107 Å². The predicted octanol–water partition coefficient (Wildman–Crippen LogP) is -0.929. The van der Waals surface area contributed by atoms with Crippen molar-refractivity contribution >= 4 is 22.1 Å². The van der Waals surface area contributed by atoms with Crippen LogP contribution in [0.5, 0.6) is 5.75 Å². The molecule has 0 atom stereocenters. The summed E-state index contributed by atoms with van der Waals surface area (Å²) < 4.78 is 30.8. The van der Waals surface area contributed by atoms with E-state index < -0.39 is 16.0 Å². The minimum absolute atomic E-state index is 0.0649. The number of ether oxygens (including phenoxy) is 1. The molecule has 0 radical (unpaired) electrons. The number of carboxylic acid groups (broad SMARTS) is 1. The normalized spacial score (nSPS) is 12.0. The Balaban J connectivity index is 3.32. The molecule has 0 bridgehead atoms. The van der Waals surface area contributed by atoms with Gasteiger partial charge in [0.25, 0.3) is 0 Å². The van der Waals surface area contributed by atoms with Crippen LogP contribution >= 0.6 is 0 Å². The first-order chi connectivity index (χ1) is 9.82. The van der Waals surface area contributed by atoms with Crippen LogP contribution in [0.1, 0.15) is 5.56 Å². The van der Waals surface area contributed by atoms with E-state index in [1.54, 1.807) is 0 Å². The van der Waals surface area contributed by atoms with Crippen molar-refractivity contribution in [2.24, 2.45) is 0 Å². The van der Waals surface area contributed by atoms with E-state index in [9.17, 15) is 18.3 Å². The maximum absolute atomic E-state index is 12.4. The molecule has 0 heterocycles. The van der Waals surface area contributed by atoms with Crippen LogP contribution in [0.2, 0.25) is 0 Å². The lowest BCUT2D eigenvalue weighted by atomic mass is 10.2. The van der Waals surface area contributed by atoms with Crippen molar-refractivity contribution in [1.82, 2.24) is 4.31 Å². The maximum Gasteiger partial charge on any atom is 0.246 e. The van der Waals surface area contributed by atoms with Gasteiger partial charge >= 0.3 is 0 Å². The summed E-state index contributed by atoms with van der Waals surface area (Å²) in [7, 11) is -1.20. The fraction of sp³-hybridized carbons (Fsp3) is 0.308. The van der Waals surface area contributed by atoms with Crippen LogP contribution in [0.3, 0.4) is 0 Å². The summed E-state index contributed by atoms with van der Waals surface area (Å²) in [6, 6.07) is 4.24. The fourth-order valence-corrected chi connectivity index (χ4v) is 2.94. The molecule has 0 unspecified atom stereocenters. The summed E-state index contributed by atoms with van der Waals surface area (Å²) in [5, 5.41) is 19.2. The number of nitrogens with zero attached hydrogens (tertiary/aromatic N) is 1. The zero-order valence-corrected chi connectivity index (χ0v) is 12.5. The Morgan fingerprint density at radius 3 is 2.67 bits per heavy atom. The van der Waals surface area contributed by atoms with Crippen molar-refractivity contribution in [3.63, 3.8) is 0 Å². The Morgan fingerprint density at radius 1 is 1.48 bits per heavy atom. The number of sulfonamides is 1. The van der Waals surface area contributed by atoms with Crippen molar-refractivity contribution in [1.29, 1.82) is 0 Å². The molecule has 0 spiro atoms. The third kappa shape index (κ3) is 4.28. The first-order valence-electron chi connectivity index (χ1n) is 5.97. The number of hydrogen-bond donors (Lipinski definition) is 1. The molecule has 0 saturated carbocycles. The molecule has 116 valence electrons. The van der Waals surface area contributed by atoms with Gasteiger partial charge in [0.1, 0.15) is 10.6 Å². The number of carbonyl (C=O) groups excluding carboxylic acids is 1. The Labute approximate surface area is 123 Å². The van der Waals surface area contributed by atoms with E-state index >= 15 is 0 Å². The van der Waals surface area contributed by atoms with E-state index in [0.717, 1.165) is 10.4 Å². The molecule has 1 aromatic rings. The number of carbonyl (C=O) groups is 1. The van der Waals surface area contributed by atoms with Crippen LogP contribution in [-0.2, 0) is 14.8 Å². The summed E-state index contributed by atoms with van der Waals surface area (Å²) in [4.78, 5) is 10.3. The highest BCUT2D eigenvalue weighted by Crippen LogP contribution is 2.27. The molecule has 0 amide bonds. The van der Waals surface area contributed by atoms with E-state index in [1.807, 2.05) is 0 Å². The van der Waals surface area contributed by atoms with E-state index in [-0.39, 0.29) is 23.8 Å². The van der Waals surface area contributed by atoms with Gasteiger partial charge in [-0.05, 0) is 23.8 Å². The van der Waals surface area contributed by atoms with E-state index in [4.69, 9.17) is 9.84 Å². The second-order valence-electron chi connectivity index (χ2n) is 4.11. The number of carboxylic acids is 1. The van der Waals surface area contributed by atoms with Crippen LogP contribution in [0.15, 0.2) is 29.2 Å². The van der Waals surface area contributed by atoms with E-state index in [2.05, 4.69) is 0 Å². The van der Waals surface area contributed by atoms with E-state index in [0.29, 0.717) is 5.56 Å². The van der Waals surface area contributed by atoms with Crippen LogP contribution in [0.4, 0.5) is 0 Å². The highest BCUT2D eigenvalue weighted by Gasteiger charge is 2.24. The van der Waals surface area contributed by atoms with Gasteiger partial charge in [0.15, 0.2) is 0 Å². The first kappa shape index (κ1) is 17.2.